The maximum Gasteiger partial charge on any atom is 0.257 e. The number of likely N-dealkylation sites (tertiary alicyclic amines) is 1. The predicted octanol–water partition coefficient (Wildman–Crippen LogP) is 3.06. The van der Waals surface area contributed by atoms with E-state index >= 15 is 0 Å². The molecule has 0 aromatic heterocycles. The smallest absolute Gasteiger partial charge is 0.257 e. The number of halogens is 1. The normalized spacial score (nSPS) is 22.3. The summed E-state index contributed by atoms with van der Waals surface area (Å²) < 4.78 is 0. The van der Waals surface area contributed by atoms with E-state index in [0.717, 1.165) is 25.7 Å². The Balaban J connectivity index is 2.19. The Bertz CT molecular complexity index is 516. The Morgan fingerprint density at radius 1 is 1.48 bits per heavy atom. The molecule has 1 fully saturated rings. The topological polar surface area (TPSA) is 60.8 Å². The van der Waals surface area contributed by atoms with Crippen molar-refractivity contribution >= 4 is 17.5 Å². The summed E-state index contributed by atoms with van der Waals surface area (Å²) in [5, 5.41) is 20.0. The van der Waals surface area contributed by atoms with E-state index in [0.29, 0.717) is 18.1 Å². The average molecular weight is 312 g/mol. The third-order valence-electron chi connectivity index (χ3n) is 4.25. The summed E-state index contributed by atoms with van der Waals surface area (Å²) in [5.41, 5.74) is 0.0645. The molecule has 5 heteroatoms. The SMILES string of the molecule is CCCC1(CO)CCCN(C(=O)c2ccc(Cl)cc2O)C1. The van der Waals surface area contributed by atoms with Gasteiger partial charge >= 0.3 is 0 Å². The number of phenols is 1. The lowest BCUT2D eigenvalue weighted by atomic mass is 9.77. The van der Waals surface area contributed by atoms with Crippen molar-refractivity contribution in [2.24, 2.45) is 5.41 Å². The van der Waals surface area contributed by atoms with Crippen molar-refractivity contribution < 1.29 is 15.0 Å². The van der Waals surface area contributed by atoms with E-state index in [1.165, 1.54) is 6.07 Å². The minimum Gasteiger partial charge on any atom is -0.507 e. The number of aliphatic hydroxyl groups is 1. The fraction of sp³-hybridized carbons (Fsp3) is 0.562. The highest BCUT2D eigenvalue weighted by atomic mass is 35.5. The molecule has 0 spiro atoms. The summed E-state index contributed by atoms with van der Waals surface area (Å²) >= 11 is 5.80. The highest BCUT2D eigenvalue weighted by Crippen LogP contribution is 2.35. The van der Waals surface area contributed by atoms with Crippen LogP contribution in [0.25, 0.3) is 0 Å². The quantitative estimate of drug-likeness (QED) is 0.898. The first-order chi connectivity index (χ1) is 10.0. The molecule has 1 aromatic rings. The fourth-order valence-corrected chi connectivity index (χ4v) is 3.35. The number of carbonyl (C=O) groups excluding carboxylic acids is 1. The van der Waals surface area contributed by atoms with Crippen LogP contribution in [0.2, 0.25) is 5.02 Å². The lowest BCUT2D eigenvalue weighted by molar-refractivity contribution is 0.0221. The van der Waals surface area contributed by atoms with Gasteiger partial charge in [-0.25, -0.2) is 0 Å². The summed E-state index contributed by atoms with van der Waals surface area (Å²) in [7, 11) is 0. The number of benzene rings is 1. The van der Waals surface area contributed by atoms with Crippen LogP contribution in [0.5, 0.6) is 5.75 Å². The number of hydrogen-bond donors (Lipinski definition) is 2. The molecule has 1 aliphatic rings. The van der Waals surface area contributed by atoms with Gasteiger partial charge in [0.25, 0.3) is 5.91 Å². The van der Waals surface area contributed by atoms with E-state index in [1.807, 2.05) is 0 Å². The Hall–Kier alpha value is -1.26. The second kappa shape index (κ2) is 6.67. The van der Waals surface area contributed by atoms with Gasteiger partial charge in [0.15, 0.2) is 0 Å². The lowest BCUT2D eigenvalue weighted by Gasteiger charge is -2.42. The third kappa shape index (κ3) is 3.50. The van der Waals surface area contributed by atoms with E-state index in [1.54, 1.807) is 17.0 Å². The van der Waals surface area contributed by atoms with E-state index in [2.05, 4.69) is 6.92 Å². The number of aromatic hydroxyl groups is 1. The number of phenolic OH excluding ortho intramolecular Hbond substituents is 1. The summed E-state index contributed by atoms with van der Waals surface area (Å²) in [6.45, 7) is 3.38. The zero-order valence-electron chi connectivity index (χ0n) is 12.3. The second-order valence-corrected chi connectivity index (χ2v) is 6.34. The number of amides is 1. The second-order valence-electron chi connectivity index (χ2n) is 5.90. The standard InChI is InChI=1S/C16H22ClNO3/c1-2-6-16(11-19)7-3-8-18(10-16)15(21)13-5-4-12(17)9-14(13)20/h4-5,9,19-20H,2-3,6-8,10-11H2,1H3. The van der Waals surface area contributed by atoms with Crippen molar-refractivity contribution in [2.45, 2.75) is 32.6 Å². The van der Waals surface area contributed by atoms with E-state index in [-0.39, 0.29) is 29.2 Å². The lowest BCUT2D eigenvalue weighted by Crippen LogP contribution is -2.47. The van der Waals surface area contributed by atoms with Gasteiger partial charge in [0.1, 0.15) is 5.75 Å². The highest BCUT2D eigenvalue weighted by molar-refractivity contribution is 6.30. The molecule has 21 heavy (non-hydrogen) atoms. The Morgan fingerprint density at radius 2 is 2.24 bits per heavy atom. The van der Waals surface area contributed by atoms with Gasteiger partial charge in [-0.2, -0.15) is 0 Å². The van der Waals surface area contributed by atoms with E-state index in [4.69, 9.17) is 11.6 Å². The summed E-state index contributed by atoms with van der Waals surface area (Å²) in [6, 6.07) is 4.53. The summed E-state index contributed by atoms with van der Waals surface area (Å²) in [4.78, 5) is 14.3. The monoisotopic (exact) mass is 311 g/mol. The Labute approximate surface area is 130 Å². The molecule has 0 aliphatic carbocycles. The van der Waals surface area contributed by atoms with Crippen LogP contribution < -0.4 is 0 Å². The van der Waals surface area contributed by atoms with Gasteiger partial charge in [0.2, 0.25) is 0 Å². The molecule has 4 nitrogen and oxygen atoms in total. The van der Waals surface area contributed by atoms with E-state index < -0.39 is 0 Å². The average Bonchev–Trinajstić information content (AvgIpc) is 2.47. The van der Waals surface area contributed by atoms with Gasteiger partial charge in [-0.3, -0.25) is 4.79 Å². The third-order valence-corrected chi connectivity index (χ3v) is 4.49. The van der Waals surface area contributed by atoms with Gasteiger partial charge < -0.3 is 15.1 Å². The highest BCUT2D eigenvalue weighted by Gasteiger charge is 2.36. The molecule has 1 aromatic carbocycles. The maximum atomic E-state index is 12.6. The molecular weight excluding hydrogens is 290 g/mol. The van der Waals surface area contributed by atoms with Crippen LogP contribution in [0.1, 0.15) is 43.0 Å². The number of nitrogens with zero attached hydrogens (tertiary/aromatic N) is 1. The van der Waals surface area contributed by atoms with Crippen molar-refractivity contribution in [3.05, 3.63) is 28.8 Å². The van der Waals surface area contributed by atoms with Crippen LogP contribution in [0, 0.1) is 5.41 Å². The van der Waals surface area contributed by atoms with Crippen molar-refractivity contribution in [1.29, 1.82) is 0 Å². The minimum atomic E-state index is -0.204. The van der Waals surface area contributed by atoms with Crippen LogP contribution in [0.4, 0.5) is 0 Å². The van der Waals surface area contributed by atoms with Crippen molar-refractivity contribution in [3.63, 3.8) is 0 Å². The number of aliphatic hydroxyl groups excluding tert-OH is 1. The fourth-order valence-electron chi connectivity index (χ4n) is 3.18. The number of piperidine rings is 1. The van der Waals surface area contributed by atoms with Crippen molar-refractivity contribution in [3.8, 4) is 5.75 Å². The largest absolute Gasteiger partial charge is 0.507 e. The number of hydrogen-bond acceptors (Lipinski definition) is 3. The van der Waals surface area contributed by atoms with Crippen LogP contribution in [-0.4, -0.2) is 40.7 Å². The molecule has 1 heterocycles. The van der Waals surface area contributed by atoms with Crippen LogP contribution >= 0.6 is 11.6 Å². The molecule has 1 atom stereocenters. The molecular formula is C16H22ClNO3. The Morgan fingerprint density at radius 3 is 2.86 bits per heavy atom. The summed E-state index contributed by atoms with van der Waals surface area (Å²) in [6.07, 6.45) is 3.70. The zero-order chi connectivity index (χ0) is 15.5. The first-order valence-corrected chi connectivity index (χ1v) is 7.78. The summed E-state index contributed by atoms with van der Waals surface area (Å²) in [5.74, 6) is -0.291. The number of rotatable bonds is 4. The van der Waals surface area contributed by atoms with Crippen molar-refractivity contribution in [1.82, 2.24) is 4.90 Å². The van der Waals surface area contributed by atoms with Gasteiger partial charge in [-0.15, -0.1) is 0 Å². The van der Waals surface area contributed by atoms with Gasteiger partial charge in [0.05, 0.1) is 12.2 Å². The molecule has 0 saturated carbocycles. The minimum absolute atomic E-state index is 0.0943. The molecule has 1 unspecified atom stereocenters. The molecule has 0 radical (unpaired) electrons. The van der Waals surface area contributed by atoms with Crippen molar-refractivity contribution in [2.75, 3.05) is 19.7 Å². The Kier molecular flexibility index (Phi) is 5.12. The van der Waals surface area contributed by atoms with Gasteiger partial charge in [-0.05, 0) is 37.5 Å². The maximum absolute atomic E-state index is 12.6. The molecule has 1 amide bonds. The first kappa shape index (κ1) is 16.1. The van der Waals surface area contributed by atoms with E-state index in [9.17, 15) is 15.0 Å². The van der Waals surface area contributed by atoms with Crippen LogP contribution in [0.3, 0.4) is 0 Å². The first-order valence-electron chi connectivity index (χ1n) is 7.40. The van der Waals surface area contributed by atoms with Crippen LogP contribution in [0.15, 0.2) is 18.2 Å². The number of carbonyl (C=O) groups is 1. The molecule has 1 saturated heterocycles. The molecule has 0 bridgehead atoms. The van der Waals surface area contributed by atoms with Crippen LogP contribution in [-0.2, 0) is 0 Å². The van der Waals surface area contributed by atoms with Gasteiger partial charge in [0, 0.05) is 23.5 Å². The molecule has 2 rings (SSSR count). The molecule has 116 valence electrons. The van der Waals surface area contributed by atoms with Gasteiger partial charge in [-0.1, -0.05) is 24.9 Å². The predicted molar refractivity (Wildman–Crippen MR) is 82.7 cm³/mol. The zero-order valence-corrected chi connectivity index (χ0v) is 13.1. The molecule has 1 aliphatic heterocycles. The molecule has 2 N–H and O–H groups in total.